The Morgan fingerprint density at radius 1 is 0.812 bits per heavy atom. The van der Waals surface area contributed by atoms with Crippen LogP contribution < -0.4 is 0 Å². The zero-order valence-corrected chi connectivity index (χ0v) is 12.0. The van der Waals surface area contributed by atoms with Crippen LogP contribution in [0.25, 0.3) is 0 Å². The van der Waals surface area contributed by atoms with E-state index >= 15 is 0 Å². The van der Waals surface area contributed by atoms with Crippen LogP contribution in [0, 0.1) is 29.6 Å². The Morgan fingerprint density at radius 2 is 1.44 bits per heavy atom. The Balaban J connectivity index is 3.33. The molecule has 0 heterocycles. The Morgan fingerprint density at radius 3 is 2.00 bits per heavy atom. The second-order valence-electron chi connectivity index (χ2n) is 5.70. The van der Waals surface area contributed by atoms with Gasteiger partial charge in [-0.15, -0.1) is 5.92 Å². The van der Waals surface area contributed by atoms with Crippen molar-refractivity contribution in [3.63, 3.8) is 0 Å². The number of unbranched alkanes of at least 4 members (excludes halogenated alkanes) is 4. The van der Waals surface area contributed by atoms with Crippen molar-refractivity contribution < 1.29 is 0 Å². The fourth-order valence-electron chi connectivity index (χ4n) is 1.52. The summed E-state index contributed by atoms with van der Waals surface area (Å²) < 4.78 is 0. The predicted octanol–water partition coefficient (Wildman–Crippen LogP) is 5.28. The molecule has 0 amide bonds. The number of rotatable bonds is 7. The third-order valence-electron chi connectivity index (χ3n) is 3.16. The second-order valence-corrected chi connectivity index (χ2v) is 5.70. The van der Waals surface area contributed by atoms with Crippen LogP contribution in [-0.2, 0) is 0 Å². The van der Waals surface area contributed by atoms with E-state index in [0.717, 1.165) is 12.3 Å². The number of hydrogen-bond acceptors (Lipinski definition) is 0. The van der Waals surface area contributed by atoms with E-state index in [1.54, 1.807) is 0 Å². The Kier molecular flexibility index (Phi) is 9.49. The molecule has 0 rings (SSSR count). The highest BCUT2D eigenvalue weighted by atomic mass is 14.0. The van der Waals surface area contributed by atoms with Gasteiger partial charge in [0.15, 0.2) is 0 Å². The molecule has 0 nitrogen and oxygen atoms in total. The molecule has 0 N–H and O–H groups in total. The van der Waals surface area contributed by atoms with Gasteiger partial charge in [0, 0.05) is 12.3 Å². The van der Waals surface area contributed by atoms with Crippen LogP contribution in [0.2, 0.25) is 0 Å². The summed E-state index contributed by atoms with van der Waals surface area (Å²) in [7, 11) is 0. The van der Waals surface area contributed by atoms with Gasteiger partial charge in [0.2, 0.25) is 0 Å². The van der Waals surface area contributed by atoms with E-state index in [0.29, 0.717) is 11.8 Å². The molecule has 0 fully saturated rings. The van der Waals surface area contributed by atoms with Crippen molar-refractivity contribution in [1.82, 2.24) is 0 Å². The van der Waals surface area contributed by atoms with Crippen molar-refractivity contribution in [3.05, 3.63) is 0 Å². The lowest BCUT2D eigenvalue weighted by molar-refractivity contribution is 0.517. The van der Waals surface area contributed by atoms with E-state index in [9.17, 15) is 0 Å². The van der Waals surface area contributed by atoms with Crippen LogP contribution in [0.1, 0.15) is 73.1 Å². The minimum Gasteiger partial charge on any atom is -0.103 e. The molecule has 94 valence electrons. The minimum absolute atomic E-state index is 0.556. The lowest BCUT2D eigenvalue weighted by atomic mass is 9.98. The molecule has 0 aliphatic carbocycles. The summed E-state index contributed by atoms with van der Waals surface area (Å²) in [6.45, 7) is 11.3. The molecule has 0 radical (unpaired) electrons. The molecule has 1 atom stereocenters. The van der Waals surface area contributed by atoms with Crippen molar-refractivity contribution in [2.45, 2.75) is 73.1 Å². The zero-order chi connectivity index (χ0) is 12.4. The van der Waals surface area contributed by atoms with Crippen LogP contribution in [0.4, 0.5) is 0 Å². The standard InChI is InChI=1S/C16H30/c1-14(2)12-10-8-6-7-9-11-13-16(5)15(3)4/h14-16H,6-10,12H2,1-5H3/t16-/m1/s1. The topological polar surface area (TPSA) is 0 Å². The molecule has 0 heteroatoms. The average Bonchev–Trinajstić information content (AvgIpc) is 2.21. The average molecular weight is 222 g/mol. The van der Waals surface area contributed by atoms with Gasteiger partial charge in [0.25, 0.3) is 0 Å². The molecule has 0 aromatic rings. The molecular weight excluding hydrogens is 192 g/mol. The van der Waals surface area contributed by atoms with E-state index in [-0.39, 0.29) is 0 Å². The van der Waals surface area contributed by atoms with Gasteiger partial charge in [-0.1, -0.05) is 66.2 Å². The minimum atomic E-state index is 0.556. The van der Waals surface area contributed by atoms with Crippen molar-refractivity contribution in [1.29, 1.82) is 0 Å². The molecule has 0 bridgehead atoms. The van der Waals surface area contributed by atoms with E-state index < -0.39 is 0 Å². The summed E-state index contributed by atoms with van der Waals surface area (Å²) in [6.07, 6.45) is 7.91. The van der Waals surface area contributed by atoms with Crippen molar-refractivity contribution in [2.24, 2.45) is 17.8 Å². The first-order chi connectivity index (χ1) is 7.54. The summed E-state index contributed by atoms with van der Waals surface area (Å²) in [4.78, 5) is 0. The van der Waals surface area contributed by atoms with Gasteiger partial charge in [-0.25, -0.2) is 0 Å². The molecule has 0 aliphatic heterocycles. The van der Waals surface area contributed by atoms with Gasteiger partial charge in [0.1, 0.15) is 0 Å². The largest absolute Gasteiger partial charge is 0.103 e. The van der Waals surface area contributed by atoms with Crippen LogP contribution in [-0.4, -0.2) is 0 Å². The van der Waals surface area contributed by atoms with Gasteiger partial charge in [-0.05, 0) is 18.3 Å². The van der Waals surface area contributed by atoms with Gasteiger partial charge < -0.3 is 0 Å². The quantitative estimate of drug-likeness (QED) is 0.406. The Bertz CT molecular complexity index is 202. The molecular formula is C16H30. The van der Waals surface area contributed by atoms with Crippen LogP contribution in [0.3, 0.4) is 0 Å². The van der Waals surface area contributed by atoms with E-state index in [2.05, 4.69) is 46.5 Å². The molecule has 0 saturated carbocycles. The van der Waals surface area contributed by atoms with Crippen molar-refractivity contribution in [2.75, 3.05) is 0 Å². The smallest absolute Gasteiger partial charge is 0.0197 e. The predicted molar refractivity (Wildman–Crippen MR) is 74.3 cm³/mol. The summed E-state index contributed by atoms with van der Waals surface area (Å²) in [5, 5.41) is 0. The fourth-order valence-corrected chi connectivity index (χ4v) is 1.52. The fraction of sp³-hybridized carbons (Fsp3) is 0.875. The van der Waals surface area contributed by atoms with Crippen molar-refractivity contribution >= 4 is 0 Å². The van der Waals surface area contributed by atoms with Crippen LogP contribution in [0.15, 0.2) is 0 Å². The van der Waals surface area contributed by atoms with Crippen LogP contribution in [0.5, 0.6) is 0 Å². The maximum Gasteiger partial charge on any atom is 0.0197 e. The highest BCUT2D eigenvalue weighted by Gasteiger charge is 2.00. The van der Waals surface area contributed by atoms with Gasteiger partial charge in [0.05, 0.1) is 0 Å². The first-order valence-corrected chi connectivity index (χ1v) is 7.02. The summed E-state index contributed by atoms with van der Waals surface area (Å²) in [5.41, 5.74) is 0. The zero-order valence-electron chi connectivity index (χ0n) is 12.0. The SMILES string of the molecule is CC(C)CCCCCCC#C[C@@H](C)C(C)C. The maximum absolute atomic E-state index is 3.34. The van der Waals surface area contributed by atoms with Gasteiger partial charge >= 0.3 is 0 Å². The molecule has 0 unspecified atom stereocenters. The highest BCUT2D eigenvalue weighted by molar-refractivity contribution is 5.03. The second kappa shape index (κ2) is 9.76. The highest BCUT2D eigenvalue weighted by Crippen LogP contribution is 2.11. The maximum atomic E-state index is 3.34. The molecule has 0 spiro atoms. The molecule has 0 saturated heterocycles. The van der Waals surface area contributed by atoms with Crippen LogP contribution >= 0.6 is 0 Å². The Labute approximate surface area is 103 Å². The normalized spacial score (nSPS) is 12.7. The molecule has 0 aliphatic rings. The first kappa shape index (κ1) is 15.6. The van der Waals surface area contributed by atoms with E-state index in [1.165, 1.54) is 32.1 Å². The van der Waals surface area contributed by atoms with Crippen molar-refractivity contribution in [3.8, 4) is 11.8 Å². The third-order valence-corrected chi connectivity index (χ3v) is 3.16. The van der Waals surface area contributed by atoms with Gasteiger partial charge in [-0.2, -0.15) is 0 Å². The molecule has 0 aromatic heterocycles. The van der Waals surface area contributed by atoms with Gasteiger partial charge in [-0.3, -0.25) is 0 Å². The summed E-state index contributed by atoms with van der Waals surface area (Å²) in [6, 6.07) is 0. The van der Waals surface area contributed by atoms with E-state index in [1.807, 2.05) is 0 Å². The lowest BCUT2D eigenvalue weighted by Gasteiger charge is -2.06. The monoisotopic (exact) mass is 222 g/mol. The Hall–Kier alpha value is -0.440. The summed E-state index contributed by atoms with van der Waals surface area (Å²) in [5.74, 6) is 8.77. The third kappa shape index (κ3) is 10.1. The summed E-state index contributed by atoms with van der Waals surface area (Å²) >= 11 is 0. The molecule has 16 heavy (non-hydrogen) atoms. The number of hydrogen-bond donors (Lipinski definition) is 0. The first-order valence-electron chi connectivity index (χ1n) is 7.02. The van der Waals surface area contributed by atoms with E-state index in [4.69, 9.17) is 0 Å². The molecule has 0 aromatic carbocycles. The lowest BCUT2D eigenvalue weighted by Crippen LogP contribution is -1.99.